The van der Waals surface area contributed by atoms with Gasteiger partial charge in [0.1, 0.15) is 0 Å². The molecule has 1 aromatic heterocycles. The minimum absolute atomic E-state index is 0.0990. The Morgan fingerprint density at radius 2 is 1.65 bits per heavy atom. The summed E-state index contributed by atoms with van der Waals surface area (Å²) in [6.07, 6.45) is -3.84. The Morgan fingerprint density at radius 1 is 1.03 bits per heavy atom. The molecular formula is C25H28F3N5O. The van der Waals surface area contributed by atoms with Gasteiger partial charge in [-0.2, -0.15) is 18.3 Å². The van der Waals surface area contributed by atoms with E-state index < -0.39 is 17.6 Å². The number of guanidine groups is 1. The number of hydrogen-bond acceptors (Lipinski definition) is 3. The van der Waals surface area contributed by atoms with E-state index in [1.165, 1.54) is 0 Å². The molecule has 1 heterocycles. The summed E-state index contributed by atoms with van der Waals surface area (Å²) in [5.74, 6) is -0.341. The molecule has 0 aliphatic rings. The molecule has 0 radical (unpaired) electrons. The van der Waals surface area contributed by atoms with Gasteiger partial charge in [0, 0.05) is 30.5 Å². The van der Waals surface area contributed by atoms with Crippen LogP contribution in [0.5, 0.6) is 0 Å². The van der Waals surface area contributed by atoms with Crippen molar-refractivity contribution >= 4 is 17.6 Å². The predicted octanol–water partition coefficient (Wildman–Crippen LogP) is 5.11. The number of carbonyl (C=O) groups excluding carboxylic acids is 1. The lowest BCUT2D eigenvalue weighted by atomic mass is 10.1. The van der Waals surface area contributed by atoms with Crippen molar-refractivity contribution in [2.24, 2.45) is 12.0 Å². The topological polar surface area (TPSA) is 71.3 Å². The van der Waals surface area contributed by atoms with Crippen molar-refractivity contribution < 1.29 is 18.0 Å². The molecule has 2 N–H and O–H groups in total. The Hall–Kier alpha value is -3.62. The molecule has 0 fully saturated rings. The van der Waals surface area contributed by atoms with Crippen LogP contribution in [-0.4, -0.2) is 28.2 Å². The van der Waals surface area contributed by atoms with Crippen LogP contribution in [0.2, 0.25) is 0 Å². The SMILES string of the molecule is Cc1cc(C)cc(NC(=NCCc2c(C)nn(C)c2C)NC(=O)c2ccc(C(F)(F)F)cc2)c1. The van der Waals surface area contributed by atoms with Crippen molar-refractivity contribution in [2.75, 3.05) is 11.9 Å². The van der Waals surface area contributed by atoms with Crippen LogP contribution >= 0.6 is 0 Å². The number of hydrogen-bond donors (Lipinski definition) is 2. The van der Waals surface area contributed by atoms with Crippen molar-refractivity contribution in [3.63, 3.8) is 0 Å². The van der Waals surface area contributed by atoms with E-state index in [-0.39, 0.29) is 11.5 Å². The highest BCUT2D eigenvalue weighted by Crippen LogP contribution is 2.29. The Bertz CT molecular complexity index is 1190. The number of aromatic nitrogens is 2. The first kappa shape index (κ1) is 25.0. The van der Waals surface area contributed by atoms with Gasteiger partial charge in [0.2, 0.25) is 5.96 Å². The number of nitrogens with one attached hydrogen (secondary N) is 2. The molecule has 0 spiro atoms. The van der Waals surface area contributed by atoms with Gasteiger partial charge in [-0.15, -0.1) is 0 Å². The number of nitrogens with zero attached hydrogens (tertiary/aromatic N) is 3. The number of carbonyl (C=O) groups is 1. The molecule has 0 bridgehead atoms. The maximum atomic E-state index is 12.8. The van der Waals surface area contributed by atoms with E-state index in [0.717, 1.165) is 58.0 Å². The second kappa shape index (κ2) is 10.1. The Morgan fingerprint density at radius 3 is 2.18 bits per heavy atom. The lowest BCUT2D eigenvalue weighted by molar-refractivity contribution is -0.137. The summed E-state index contributed by atoms with van der Waals surface area (Å²) in [4.78, 5) is 17.3. The maximum Gasteiger partial charge on any atom is 0.416 e. The zero-order valence-electron chi connectivity index (χ0n) is 19.8. The molecule has 0 aliphatic heterocycles. The summed E-state index contributed by atoms with van der Waals surface area (Å²) < 4.78 is 40.3. The van der Waals surface area contributed by atoms with Gasteiger partial charge in [0.05, 0.1) is 11.3 Å². The van der Waals surface area contributed by atoms with Gasteiger partial charge in [-0.05, 0) is 87.2 Å². The first-order chi connectivity index (χ1) is 15.9. The average molecular weight is 472 g/mol. The van der Waals surface area contributed by atoms with E-state index in [4.69, 9.17) is 0 Å². The molecule has 180 valence electrons. The number of aliphatic imine (C=N–C) groups is 1. The standard InChI is InChI=1S/C25H28F3N5O/c1-15-12-16(2)14-21(13-15)30-24(29-11-10-22-17(3)32-33(5)18(22)4)31-23(34)19-6-8-20(9-7-19)25(26,27)28/h6-9,12-14H,10-11H2,1-5H3,(H2,29,30,31,34). The number of anilines is 1. The fourth-order valence-corrected chi connectivity index (χ4v) is 3.74. The molecule has 34 heavy (non-hydrogen) atoms. The van der Waals surface area contributed by atoms with E-state index in [1.807, 2.05) is 57.6 Å². The van der Waals surface area contributed by atoms with E-state index in [0.29, 0.717) is 13.0 Å². The third kappa shape index (κ3) is 6.24. The molecular weight excluding hydrogens is 443 g/mol. The Balaban J connectivity index is 1.81. The highest BCUT2D eigenvalue weighted by atomic mass is 19.4. The molecule has 0 saturated heterocycles. The van der Waals surface area contributed by atoms with Gasteiger partial charge >= 0.3 is 6.18 Å². The fourth-order valence-electron chi connectivity index (χ4n) is 3.74. The monoisotopic (exact) mass is 471 g/mol. The quantitative estimate of drug-likeness (QED) is 0.401. The van der Waals surface area contributed by atoms with Gasteiger partial charge in [-0.3, -0.25) is 19.8 Å². The summed E-state index contributed by atoms with van der Waals surface area (Å²) >= 11 is 0. The lowest BCUT2D eigenvalue weighted by Gasteiger charge is -2.14. The highest BCUT2D eigenvalue weighted by Gasteiger charge is 2.30. The second-order valence-corrected chi connectivity index (χ2v) is 8.28. The van der Waals surface area contributed by atoms with Crippen molar-refractivity contribution in [3.05, 3.63) is 81.7 Å². The van der Waals surface area contributed by atoms with Crippen LogP contribution in [0.15, 0.2) is 47.5 Å². The molecule has 3 aromatic rings. The summed E-state index contributed by atoms with van der Waals surface area (Å²) in [6.45, 7) is 8.23. The molecule has 3 rings (SSSR count). The molecule has 0 aliphatic carbocycles. The number of rotatable bonds is 5. The van der Waals surface area contributed by atoms with Crippen molar-refractivity contribution in [2.45, 2.75) is 40.3 Å². The van der Waals surface area contributed by atoms with Crippen molar-refractivity contribution in [1.29, 1.82) is 0 Å². The van der Waals surface area contributed by atoms with Crippen LogP contribution in [0.1, 0.15) is 44.0 Å². The predicted molar refractivity (Wildman–Crippen MR) is 127 cm³/mol. The molecule has 6 nitrogen and oxygen atoms in total. The largest absolute Gasteiger partial charge is 0.416 e. The van der Waals surface area contributed by atoms with Gasteiger partial charge < -0.3 is 5.32 Å². The number of amides is 1. The van der Waals surface area contributed by atoms with E-state index >= 15 is 0 Å². The lowest BCUT2D eigenvalue weighted by Crippen LogP contribution is -2.36. The first-order valence-electron chi connectivity index (χ1n) is 10.8. The molecule has 0 unspecified atom stereocenters. The third-order valence-corrected chi connectivity index (χ3v) is 5.48. The average Bonchev–Trinajstić information content (AvgIpc) is 2.98. The molecule has 1 amide bonds. The molecule has 0 atom stereocenters. The number of halogens is 3. The Labute approximate surface area is 196 Å². The van der Waals surface area contributed by atoms with Gasteiger partial charge in [-0.1, -0.05) is 6.07 Å². The number of aryl methyl sites for hydroxylation is 4. The zero-order valence-corrected chi connectivity index (χ0v) is 19.8. The molecule has 9 heteroatoms. The van der Waals surface area contributed by atoms with Crippen LogP contribution in [0, 0.1) is 27.7 Å². The van der Waals surface area contributed by atoms with Crippen LogP contribution in [-0.2, 0) is 19.6 Å². The number of benzene rings is 2. The van der Waals surface area contributed by atoms with Gasteiger partial charge in [0.15, 0.2) is 0 Å². The van der Waals surface area contributed by atoms with Crippen LogP contribution in [0.4, 0.5) is 18.9 Å². The minimum atomic E-state index is -4.46. The van der Waals surface area contributed by atoms with Gasteiger partial charge in [0.25, 0.3) is 5.91 Å². The van der Waals surface area contributed by atoms with Crippen LogP contribution < -0.4 is 10.6 Å². The van der Waals surface area contributed by atoms with Crippen molar-refractivity contribution in [1.82, 2.24) is 15.1 Å². The van der Waals surface area contributed by atoms with Crippen LogP contribution in [0.25, 0.3) is 0 Å². The van der Waals surface area contributed by atoms with Gasteiger partial charge in [-0.25, -0.2) is 0 Å². The number of alkyl halides is 3. The minimum Gasteiger partial charge on any atom is -0.326 e. The summed E-state index contributed by atoms with van der Waals surface area (Å²) in [5, 5.41) is 10.2. The van der Waals surface area contributed by atoms with E-state index in [2.05, 4.69) is 20.7 Å². The van der Waals surface area contributed by atoms with E-state index in [1.54, 1.807) is 0 Å². The zero-order chi connectivity index (χ0) is 25.0. The fraction of sp³-hybridized carbons (Fsp3) is 0.320. The van der Waals surface area contributed by atoms with E-state index in [9.17, 15) is 18.0 Å². The maximum absolute atomic E-state index is 12.8. The Kier molecular flexibility index (Phi) is 7.44. The summed E-state index contributed by atoms with van der Waals surface area (Å²) in [5.41, 5.74) is 5.17. The van der Waals surface area contributed by atoms with Crippen molar-refractivity contribution in [3.8, 4) is 0 Å². The summed E-state index contributed by atoms with van der Waals surface area (Å²) in [7, 11) is 1.88. The first-order valence-corrected chi connectivity index (χ1v) is 10.8. The normalized spacial score (nSPS) is 12.1. The third-order valence-electron chi connectivity index (χ3n) is 5.48. The highest BCUT2D eigenvalue weighted by molar-refractivity contribution is 6.10. The smallest absolute Gasteiger partial charge is 0.326 e. The molecule has 2 aromatic carbocycles. The molecule has 0 saturated carbocycles. The van der Waals surface area contributed by atoms with Crippen LogP contribution in [0.3, 0.4) is 0 Å². The summed E-state index contributed by atoms with van der Waals surface area (Å²) in [6, 6.07) is 9.93. The second-order valence-electron chi connectivity index (χ2n) is 8.28.